The molecule has 14 nitrogen and oxygen atoms in total. The van der Waals surface area contributed by atoms with Crippen LogP contribution >= 0.6 is 11.8 Å². The molecule has 2 unspecified atom stereocenters. The zero-order valence-electron chi connectivity index (χ0n) is 36.6. The van der Waals surface area contributed by atoms with Crippen molar-refractivity contribution in [2.24, 2.45) is 0 Å². The van der Waals surface area contributed by atoms with Gasteiger partial charge in [-0.25, -0.2) is 0 Å². The van der Waals surface area contributed by atoms with Gasteiger partial charge in [0.25, 0.3) is 11.4 Å². The van der Waals surface area contributed by atoms with Crippen molar-refractivity contribution in [1.82, 2.24) is 19.6 Å². The second-order valence-electron chi connectivity index (χ2n) is 16.7. The molecule has 4 aromatic carbocycles. The number of amides is 2. The standard InChI is InChI=1S/C48H56N6O8S/c1-31(2)37-11-7-9-13-39(37)45-33(17-21-43(57)51-25-23-49(5)35(27-51)29-55)15-19-41(47(45)53(59)60)63-42-20-16-34(18-22-44(58)52-26-24-50(6)36(28-52)30-56)46(48(42)54(61)62)40-14-10-8-12-38(40)32(3)4/h7-22,31-32,35-36,55-56H,23-30H2,1-6H3. The number of hydrogen-bond acceptors (Lipinski definition) is 11. The molecule has 6 rings (SSSR count). The summed E-state index contributed by atoms with van der Waals surface area (Å²) < 4.78 is 0. The van der Waals surface area contributed by atoms with E-state index in [1.54, 1.807) is 58.4 Å². The van der Waals surface area contributed by atoms with Crippen LogP contribution in [0.1, 0.15) is 61.8 Å². The van der Waals surface area contributed by atoms with Crippen LogP contribution in [0.3, 0.4) is 0 Å². The van der Waals surface area contributed by atoms with Gasteiger partial charge in [0.05, 0.1) is 56.1 Å². The van der Waals surface area contributed by atoms with Crippen LogP contribution in [0.4, 0.5) is 11.4 Å². The minimum absolute atomic E-state index is 0.0270. The first-order valence-corrected chi connectivity index (χ1v) is 22.0. The van der Waals surface area contributed by atoms with E-state index in [-0.39, 0.29) is 81.2 Å². The summed E-state index contributed by atoms with van der Waals surface area (Å²) in [5.74, 6) is -0.629. The molecule has 0 aromatic heterocycles. The van der Waals surface area contributed by atoms with Crippen molar-refractivity contribution in [3.8, 4) is 22.3 Å². The summed E-state index contributed by atoms with van der Waals surface area (Å²) in [6, 6.07) is 20.9. The average Bonchev–Trinajstić information content (AvgIpc) is 3.27. The fourth-order valence-corrected chi connectivity index (χ4v) is 9.40. The molecule has 2 fully saturated rings. The van der Waals surface area contributed by atoms with Crippen molar-refractivity contribution in [3.05, 3.63) is 127 Å². The molecule has 0 spiro atoms. The van der Waals surface area contributed by atoms with Crippen molar-refractivity contribution < 1.29 is 29.6 Å². The van der Waals surface area contributed by atoms with E-state index in [1.807, 2.05) is 88.0 Å². The Balaban J connectivity index is 1.50. The number of carbonyl (C=O) groups excluding carboxylic acids is 2. The second-order valence-corrected chi connectivity index (χ2v) is 17.8. The molecule has 2 saturated heterocycles. The van der Waals surface area contributed by atoms with E-state index in [9.17, 15) is 40.0 Å². The van der Waals surface area contributed by atoms with Crippen LogP contribution in [-0.4, -0.2) is 130 Å². The number of likely N-dealkylation sites (N-methyl/N-ethyl adjacent to an activating group) is 2. The SMILES string of the molecule is CC(C)c1ccccc1-c1c(C=CC(=O)N2CCN(C)C(CO)C2)ccc(Sc2ccc(C=CC(=O)N3CCN(C)C(CO)C3)c(-c3ccccc3C(C)C)c2[N+](=O)[O-])c1[N+](=O)[O-]. The molecule has 332 valence electrons. The minimum atomic E-state index is -0.469. The lowest BCUT2D eigenvalue weighted by Gasteiger charge is -2.38. The smallest absolute Gasteiger partial charge is 0.291 e. The van der Waals surface area contributed by atoms with E-state index in [1.165, 1.54) is 12.2 Å². The maximum atomic E-state index is 13.5. The normalized spacial score (nSPS) is 17.7. The first kappa shape index (κ1) is 46.8. The second kappa shape index (κ2) is 20.6. The van der Waals surface area contributed by atoms with Crippen LogP contribution in [-0.2, 0) is 9.59 Å². The molecule has 0 saturated carbocycles. The molecular formula is C48H56N6O8S. The molecule has 0 aliphatic carbocycles. The Labute approximate surface area is 372 Å². The van der Waals surface area contributed by atoms with Crippen LogP contribution in [0.2, 0.25) is 0 Å². The van der Waals surface area contributed by atoms with Crippen LogP contribution in [0, 0.1) is 20.2 Å². The number of nitrogens with zero attached hydrogens (tertiary/aromatic N) is 6. The zero-order chi connectivity index (χ0) is 45.5. The van der Waals surface area contributed by atoms with E-state index in [0.717, 1.165) is 22.9 Å². The fourth-order valence-electron chi connectivity index (χ4n) is 8.34. The predicted octanol–water partition coefficient (Wildman–Crippen LogP) is 7.53. The Bertz CT molecular complexity index is 2250. The Morgan fingerprint density at radius 3 is 1.38 bits per heavy atom. The highest BCUT2D eigenvalue weighted by atomic mass is 32.2. The number of nitro groups is 2. The van der Waals surface area contributed by atoms with Crippen molar-refractivity contribution in [2.45, 2.75) is 61.4 Å². The van der Waals surface area contributed by atoms with Gasteiger partial charge in [-0.15, -0.1) is 0 Å². The number of piperazine rings is 2. The number of aliphatic hydroxyl groups is 2. The Hall–Kier alpha value is -5.71. The molecule has 15 heteroatoms. The number of aliphatic hydroxyl groups excluding tert-OH is 2. The first-order valence-electron chi connectivity index (χ1n) is 21.2. The van der Waals surface area contributed by atoms with Gasteiger partial charge in [-0.05, 0) is 83.6 Å². The van der Waals surface area contributed by atoms with Gasteiger partial charge in [0, 0.05) is 51.4 Å². The number of hydrogen-bond donors (Lipinski definition) is 2. The van der Waals surface area contributed by atoms with E-state index >= 15 is 0 Å². The average molecular weight is 877 g/mol. The Morgan fingerprint density at radius 2 is 1.03 bits per heavy atom. The zero-order valence-corrected chi connectivity index (χ0v) is 37.5. The van der Waals surface area contributed by atoms with Crippen molar-refractivity contribution in [2.75, 3.05) is 66.6 Å². The van der Waals surface area contributed by atoms with Crippen LogP contribution in [0.25, 0.3) is 34.4 Å². The molecule has 2 amide bonds. The molecule has 63 heavy (non-hydrogen) atoms. The number of carbonyl (C=O) groups is 2. The quantitative estimate of drug-likeness (QED) is 0.0728. The monoisotopic (exact) mass is 876 g/mol. The summed E-state index contributed by atoms with van der Waals surface area (Å²) in [5, 5.41) is 46.6. The third-order valence-electron chi connectivity index (χ3n) is 12.0. The van der Waals surface area contributed by atoms with E-state index in [2.05, 4.69) is 0 Å². The van der Waals surface area contributed by atoms with Crippen molar-refractivity contribution >= 4 is 47.1 Å². The summed E-state index contributed by atoms with van der Waals surface area (Å²) in [6.45, 7) is 10.5. The predicted molar refractivity (Wildman–Crippen MR) is 248 cm³/mol. The topological polar surface area (TPSA) is 174 Å². The molecule has 4 aromatic rings. The summed E-state index contributed by atoms with van der Waals surface area (Å²) in [5.41, 5.74) is 3.80. The maximum Gasteiger partial charge on any atom is 0.291 e. The Morgan fingerprint density at radius 1 is 0.651 bits per heavy atom. The van der Waals surface area contributed by atoms with Gasteiger partial charge in [-0.1, -0.05) is 100 Å². The number of nitro benzene ring substituents is 2. The van der Waals surface area contributed by atoms with Gasteiger partial charge >= 0.3 is 0 Å². The molecule has 2 heterocycles. The van der Waals surface area contributed by atoms with Crippen molar-refractivity contribution in [1.29, 1.82) is 0 Å². The largest absolute Gasteiger partial charge is 0.395 e. The molecule has 2 N–H and O–H groups in total. The van der Waals surface area contributed by atoms with E-state index < -0.39 is 9.85 Å². The third-order valence-corrected chi connectivity index (χ3v) is 13.1. The van der Waals surface area contributed by atoms with Gasteiger partial charge in [-0.3, -0.25) is 39.6 Å². The molecule has 0 radical (unpaired) electrons. The third kappa shape index (κ3) is 10.4. The summed E-state index contributed by atoms with van der Waals surface area (Å²) in [7, 11) is 3.79. The van der Waals surface area contributed by atoms with Crippen molar-refractivity contribution in [3.63, 3.8) is 0 Å². The van der Waals surface area contributed by atoms with Gasteiger partial charge < -0.3 is 20.0 Å². The highest BCUT2D eigenvalue weighted by molar-refractivity contribution is 7.99. The number of rotatable bonds is 14. The lowest BCUT2D eigenvalue weighted by atomic mass is 9.89. The van der Waals surface area contributed by atoms with Gasteiger partial charge in [0.15, 0.2) is 0 Å². The van der Waals surface area contributed by atoms with E-state index in [0.29, 0.717) is 61.5 Å². The molecule has 2 aliphatic rings. The number of benzene rings is 4. The summed E-state index contributed by atoms with van der Waals surface area (Å²) in [6.07, 6.45) is 5.98. The molecular weight excluding hydrogens is 821 g/mol. The molecule has 0 bridgehead atoms. The van der Waals surface area contributed by atoms with Gasteiger partial charge in [-0.2, -0.15) is 0 Å². The first-order chi connectivity index (χ1) is 30.1. The lowest BCUT2D eigenvalue weighted by Crippen LogP contribution is -2.54. The van der Waals surface area contributed by atoms with Crippen LogP contribution in [0.15, 0.2) is 94.7 Å². The molecule has 2 aliphatic heterocycles. The minimum Gasteiger partial charge on any atom is -0.395 e. The molecule has 2 atom stereocenters. The Kier molecular flexibility index (Phi) is 15.3. The van der Waals surface area contributed by atoms with E-state index in [4.69, 9.17) is 0 Å². The van der Waals surface area contributed by atoms with Crippen LogP contribution < -0.4 is 0 Å². The highest BCUT2D eigenvalue weighted by Gasteiger charge is 2.32. The van der Waals surface area contributed by atoms with Crippen LogP contribution in [0.5, 0.6) is 0 Å². The maximum absolute atomic E-state index is 13.5. The van der Waals surface area contributed by atoms with Gasteiger partial charge in [0.1, 0.15) is 0 Å². The lowest BCUT2D eigenvalue weighted by molar-refractivity contribution is -0.387. The summed E-state index contributed by atoms with van der Waals surface area (Å²) in [4.78, 5) is 60.6. The highest BCUT2D eigenvalue weighted by Crippen LogP contribution is 2.50. The fraction of sp³-hybridized carbons (Fsp3) is 0.375. The summed E-state index contributed by atoms with van der Waals surface area (Å²) >= 11 is 0.923. The van der Waals surface area contributed by atoms with Gasteiger partial charge in [0.2, 0.25) is 11.8 Å².